The first-order chi connectivity index (χ1) is 11.7. The summed E-state index contributed by atoms with van der Waals surface area (Å²) in [4.78, 5) is 11.8. The number of amides is 1. The minimum atomic E-state index is -0.130. The van der Waals surface area contributed by atoms with E-state index in [1.165, 1.54) is 0 Å². The Balaban J connectivity index is 1.90. The van der Waals surface area contributed by atoms with Crippen LogP contribution in [-0.4, -0.2) is 25.6 Å². The highest BCUT2D eigenvalue weighted by Crippen LogP contribution is 2.15. The summed E-state index contributed by atoms with van der Waals surface area (Å²) in [5.74, 6) is 0.539. The molecule has 0 fully saturated rings. The van der Waals surface area contributed by atoms with Crippen molar-refractivity contribution in [2.45, 2.75) is 6.54 Å². The second-order valence-corrected chi connectivity index (χ2v) is 5.07. The van der Waals surface area contributed by atoms with Crippen LogP contribution in [0.25, 0.3) is 0 Å². The number of hydrogen-bond acceptors (Lipinski definition) is 5. The van der Waals surface area contributed by atoms with Gasteiger partial charge in [0.25, 0.3) is 5.91 Å². The van der Waals surface area contributed by atoms with Gasteiger partial charge in [0.15, 0.2) is 6.61 Å². The Kier molecular flexibility index (Phi) is 6.62. The number of anilines is 1. The predicted molar refractivity (Wildman–Crippen MR) is 92.7 cm³/mol. The molecule has 0 saturated carbocycles. The first kappa shape index (κ1) is 17.3. The molecular formula is C18H20N4O2. The predicted octanol–water partition coefficient (Wildman–Crippen LogP) is 1.89. The molecule has 24 heavy (non-hydrogen) atoms. The van der Waals surface area contributed by atoms with Gasteiger partial charge in [0.1, 0.15) is 11.8 Å². The van der Waals surface area contributed by atoms with Crippen molar-refractivity contribution in [3.8, 4) is 11.8 Å². The minimum Gasteiger partial charge on any atom is -0.479 e. The molecule has 0 unspecified atom stereocenters. The molecule has 0 aliphatic heterocycles. The van der Waals surface area contributed by atoms with Crippen molar-refractivity contribution in [3.05, 3.63) is 59.7 Å². The molecule has 6 heteroatoms. The smallest absolute Gasteiger partial charge is 0.251 e. The SMILES string of the molecule is N#CCOc1cccc(CNc2ccc(C(=O)NCCN)cc2)c1. The van der Waals surface area contributed by atoms with E-state index in [4.69, 9.17) is 15.7 Å². The van der Waals surface area contributed by atoms with Gasteiger partial charge in [-0.05, 0) is 42.0 Å². The summed E-state index contributed by atoms with van der Waals surface area (Å²) in [6.07, 6.45) is 0. The maximum atomic E-state index is 11.8. The van der Waals surface area contributed by atoms with Gasteiger partial charge in [-0.25, -0.2) is 0 Å². The molecule has 0 heterocycles. The van der Waals surface area contributed by atoms with Gasteiger partial charge in [-0.3, -0.25) is 4.79 Å². The van der Waals surface area contributed by atoms with E-state index in [0.717, 1.165) is 11.3 Å². The number of rotatable bonds is 8. The number of carbonyl (C=O) groups excluding carboxylic acids is 1. The van der Waals surface area contributed by atoms with Crippen molar-refractivity contribution in [2.75, 3.05) is 25.0 Å². The number of carbonyl (C=O) groups is 1. The quantitative estimate of drug-likeness (QED) is 0.688. The highest BCUT2D eigenvalue weighted by Gasteiger charge is 2.04. The Morgan fingerprint density at radius 3 is 2.71 bits per heavy atom. The molecule has 2 aromatic rings. The van der Waals surface area contributed by atoms with Crippen LogP contribution in [0.5, 0.6) is 5.75 Å². The van der Waals surface area contributed by atoms with Gasteiger partial charge in [-0.15, -0.1) is 0 Å². The molecule has 0 aromatic heterocycles. The summed E-state index contributed by atoms with van der Waals surface area (Å²) in [6, 6.07) is 16.7. The fourth-order valence-corrected chi connectivity index (χ4v) is 2.09. The largest absolute Gasteiger partial charge is 0.479 e. The van der Waals surface area contributed by atoms with Crippen molar-refractivity contribution >= 4 is 11.6 Å². The maximum absolute atomic E-state index is 11.8. The van der Waals surface area contributed by atoms with Gasteiger partial charge < -0.3 is 21.1 Å². The topological polar surface area (TPSA) is 100 Å². The second-order valence-electron chi connectivity index (χ2n) is 5.07. The lowest BCUT2D eigenvalue weighted by molar-refractivity contribution is 0.0955. The van der Waals surface area contributed by atoms with Gasteiger partial charge >= 0.3 is 0 Å². The van der Waals surface area contributed by atoms with Crippen LogP contribution >= 0.6 is 0 Å². The van der Waals surface area contributed by atoms with Crippen molar-refractivity contribution < 1.29 is 9.53 Å². The Morgan fingerprint density at radius 2 is 2.00 bits per heavy atom. The lowest BCUT2D eigenvalue weighted by Crippen LogP contribution is -2.28. The average molecular weight is 324 g/mol. The molecule has 0 spiro atoms. The molecule has 4 N–H and O–H groups in total. The lowest BCUT2D eigenvalue weighted by Gasteiger charge is -2.09. The van der Waals surface area contributed by atoms with E-state index < -0.39 is 0 Å². The number of nitrogens with two attached hydrogens (primary N) is 1. The molecular weight excluding hydrogens is 304 g/mol. The van der Waals surface area contributed by atoms with Crippen LogP contribution in [0.1, 0.15) is 15.9 Å². The first-order valence-corrected chi connectivity index (χ1v) is 7.64. The number of nitrogens with zero attached hydrogens (tertiary/aromatic N) is 1. The monoisotopic (exact) mass is 324 g/mol. The molecule has 124 valence electrons. The molecule has 2 rings (SSSR count). The Hall–Kier alpha value is -3.04. The number of benzene rings is 2. The lowest BCUT2D eigenvalue weighted by atomic mass is 10.1. The zero-order valence-electron chi connectivity index (χ0n) is 13.3. The van der Waals surface area contributed by atoms with Crippen LogP contribution < -0.4 is 21.1 Å². The molecule has 0 saturated heterocycles. The van der Waals surface area contributed by atoms with Crippen LogP contribution in [0.4, 0.5) is 5.69 Å². The molecule has 1 amide bonds. The van der Waals surface area contributed by atoms with Gasteiger partial charge in [-0.1, -0.05) is 12.1 Å². The zero-order valence-corrected chi connectivity index (χ0v) is 13.3. The first-order valence-electron chi connectivity index (χ1n) is 7.64. The van der Waals surface area contributed by atoms with E-state index in [1.807, 2.05) is 42.5 Å². The fraction of sp³-hybridized carbons (Fsp3) is 0.222. The van der Waals surface area contributed by atoms with Crippen LogP contribution in [-0.2, 0) is 6.54 Å². The number of nitrogens with one attached hydrogen (secondary N) is 2. The van der Waals surface area contributed by atoms with Crippen molar-refractivity contribution in [2.24, 2.45) is 5.73 Å². The van der Waals surface area contributed by atoms with Gasteiger partial charge in [0.2, 0.25) is 0 Å². The maximum Gasteiger partial charge on any atom is 0.251 e. The number of hydrogen-bond donors (Lipinski definition) is 3. The van der Waals surface area contributed by atoms with Gasteiger partial charge in [0.05, 0.1) is 0 Å². The Morgan fingerprint density at radius 1 is 1.21 bits per heavy atom. The average Bonchev–Trinajstić information content (AvgIpc) is 2.63. The third-order valence-electron chi connectivity index (χ3n) is 3.28. The molecule has 0 radical (unpaired) electrons. The summed E-state index contributed by atoms with van der Waals surface area (Å²) in [7, 11) is 0. The van der Waals surface area contributed by atoms with Gasteiger partial charge in [-0.2, -0.15) is 5.26 Å². The van der Waals surface area contributed by atoms with E-state index in [1.54, 1.807) is 12.1 Å². The Labute approximate surface area is 141 Å². The second kappa shape index (κ2) is 9.18. The zero-order chi connectivity index (χ0) is 17.2. The third kappa shape index (κ3) is 5.30. The molecule has 0 bridgehead atoms. The molecule has 0 aliphatic rings. The normalized spacial score (nSPS) is 9.83. The van der Waals surface area contributed by atoms with Crippen LogP contribution in [0, 0.1) is 11.3 Å². The van der Waals surface area contributed by atoms with E-state index in [-0.39, 0.29) is 12.5 Å². The summed E-state index contributed by atoms with van der Waals surface area (Å²) in [6.45, 7) is 1.53. The standard InChI is InChI=1S/C18H20N4O2/c19-8-10-21-18(23)15-4-6-16(7-5-15)22-13-14-2-1-3-17(12-14)24-11-9-20/h1-7,12,22H,8,10-11,13,19H2,(H,21,23). The van der Waals surface area contributed by atoms with E-state index in [2.05, 4.69) is 10.6 Å². The fourth-order valence-electron chi connectivity index (χ4n) is 2.09. The van der Waals surface area contributed by atoms with E-state index in [0.29, 0.717) is 30.9 Å². The van der Waals surface area contributed by atoms with E-state index >= 15 is 0 Å². The summed E-state index contributed by atoms with van der Waals surface area (Å²) >= 11 is 0. The van der Waals surface area contributed by atoms with Crippen LogP contribution in [0.15, 0.2) is 48.5 Å². The van der Waals surface area contributed by atoms with Gasteiger partial charge in [0, 0.05) is 30.9 Å². The highest BCUT2D eigenvalue weighted by molar-refractivity contribution is 5.94. The van der Waals surface area contributed by atoms with Crippen LogP contribution in [0.2, 0.25) is 0 Å². The summed E-state index contributed by atoms with van der Waals surface area (Å²) < 4.78 is 5.28. The summed E-state index contributed by atoms with van der Waals surface area (Å²) in [5.41, 5.74) is 7.91. The molecule has 6 nitrogen and oxygen atoms in total. The summed E-state index contributed by atoms with van der Waals surface area (Å²) in [5, 5.41) is 14.5. The molecule has 0 atom stereocenters. The van der Waals surface area contributed by atoms with Crippen LogP contribution in [0.3, 0.4) is 0 Å². The van der Waals surface area contributed by atoms with Crippen molar-refractivity contribution in [1.82, 2.24) is 5.32 Å². The number of ether oxygens (including phenoxy) is 1. The van der Waals surface area contributed by atoms with Crippen molar-refractivity contribution in [1.29, 1.82) is 5.26 Å². The minimum absolute atomic E-state index is 0.0323. The van der Waals surface area contributed by atoms with Crippen molar-refractivity contribution in [3.63, 3.8) is 0 Å². The molecule has 2 aromatic carbocycles. The highest BCUT2D eigenvalue weighted by atomic mass is 16.5. The third-order valence-corrected chi connectivity index (χ3v) is 3.28. The molecule has 0 aliphatic carbocycles. The Bertz CT molecular complexity index is 708. The number of nitriles is 1. The van der Waals surface area contributed by atoms with E-state index in [9.17, 15) is 4.79 Å².